The standard InChI is InChI=1S/C24H20Cl2N4S2.CO2/c1-13(2)31-23-22(16-7-8-19(25)20(26)11-16)28-24(32-23)30-12-18(14(3)29-30)17-6-4-5-15-9-10-27-21(15)17;2-1-3/h4-13,27H,1-3H3;. The number of halogens is 2. The molecule has 3 aromatic heterocycles. The van der Waals surface area contributed by atoms with Crippen LogP contribution in [0.2, 0.25) is 10.0 Å². The molecule has 0 aliphatic rings. The lowest BCUT2D eigenvalue weighted by Gasteiger charge is -2.05. The van der Waals surface area contributed by atoms with Gasteiger partial charge in [0, 0.05) is 34.3 Å². The van der Waals surface area contributed by atoms with Gasteiger partial charge in [-0.3, -0.25) is 0 Å². The number of nitrogens with one attached hydrogen (secondary N) is 1. The summed E-state index contributed by atoms with van der Waals surface area (Å²) in [6.07, 6.45) is 4.28. The fourth-order valence-electron chi connectivity index (χ4n) is 3.64. The number of rotatable bonds is 5. The SMILES string of the molecule is Cc1nn(-c2nc(-c3ccc(Cl)c(Cl)c3)c(SC(C)C)s2)cc1-c1cccc2cc[nH]c12.O=C=O. The maximum atomic E-state index is 8.12. The number of fused-ring (bicyclic) bond motifs is 1. The highest BCUT2D eigenvalue weighted by atomic mass is 35.5. The van der Waals surface area contributed by atoms with Crippen molar-refractivity contribution in [1.82, 2.24) is 19.7 Å². The van der Waals surface area contributed by atoms with E-state index in [1.165, 1.54) is 5.39 Å². The van der Waals surface area contributed by atoms with Gasteiger partial charge in [0.25, 0.3) is 0 Å². The minimum atomic E-state index is 0.250. The second-order valence-electron chi connectivity index (χ2n) is 7.83. The van der Waals surface area contributed by atoms with Crippen molar-refractivity contribution in [1.29, 1.82) is 0 Å². The molecular weight excluding hydrogens is 523 g/mol. The summed E-state index contributed by atoms with van der Waals surface area (Å²) in [7, 11) is 0. The summed E-state index contributed by atoms with van der Waals surface area (Å²) in [5, 5.41) is 8.29. The lowest BCUT2D eigenvalue weighted by Crippen LogP contribution is -1.94. The molecule has 5 rings (SSSR count). The van der Waals surface area contributed by atoms with E-state index in [0.717, 1.165) is 42.9 Å². The molecule has 2 aromatic carbocycles. The summed E-state index contributed by atoms with van der Waals surface area (Å²) in [5.74, 6) is 0. The molecule has 0 fully saturated rings. The number of para-hydroxylation sites is 1. The molecule has 0 spiro atoms. The smallest absolute Gasteiger partial charge is 0.361 e. The Morgan fingerprint density at radius 1 is 1.09 bits per heavy atom. The van der Waals surface area contributed by atoms with Gasteiger partial charge in [0.15, 0.2) is 0 Å². The summed E-state index contributed by atoms with van der Waals surface area (Å²) in [5.41, 5.74) is 6.14. The maximum Gasteiger partial charge on any atom is 0.373 e. The normalized spacial score (nSPS) is 10.9. The third-order valence-electron chi connectivity index (χ3n) is 5.09. The number of aromatic amines is 1. The number of carbonyl (C=O) groups excluding carboxylic acids is 2. The van der Waals surface area contributed by atoms with E-state index in [1.54, 1.807) is 23.1 Å². The van der Waals surface area contributed by atoms with Crippen LogP contribution in [0.15, 0.2) is 59.1 Å². The van der Waals surface area contributed by atoms with Crippen LogP contribution < -0.4 is 0 Å². The molecule has 3 heterocycles. The van der Waals surface area contributed by atoms with Gasteiger partial charge in [-0.2, -0.15) is 14.7 Å². The number of hydrogen-bond donors (Lipinski definition) is 1. The van der Waals surface area contributed by atoms with Crippen LogP contribution in [0.4, 0.5) is 0 Å². The molecule has 0 saturated carbocycles. The Morgan fingerprint density at radius 2 is 1.86 bits per heavy atom. The molecular formula is C25H20Cl2N4O2S2. The van der Waals surface area contributed by atoms with E-state index in [9.17, 15) is 0 Å². The first-order chi connectivity index (χ1) is 16.8. The van der Waals surface area contributed by atoms with E-state index in [-0.39, 0.29) is 6.15 Å². The van der Waals surface area contributed by atoms with E-state index in [4.69, 9.17) is 42.9 Å². The fraction of sp³-hybridized carbons (Fsp3) is 0.160. The Hall–Kier alpha value is -2.87. The van der Waals surface area contributed by atoms with Gasteiger partial charge in [-0.25, -0.2) is 9.67 Å². The zero-order valence-corrected chi connectivity index (χ0v) is 22.1. The molecule has 0 aliphatic carbocycles. The van der Waals surface area contributed by atoms with Gasteiger partial charge < -0.3 is 4.98 Å². The van der Waals surface area contributed by atoms with Crippen molar-refractivity contribution in [3.8, 4) is 27.5 Å². The van der Waals surface area contributed by atoms with Gasteiger partial charge in [0.1, 0.15) is 0 Å². The van der Waals surface area contributed by atoms with Crippen molar-refractivity contribution in [3.63, 3.8) is 0 Å². The molecule has 0 aliphatic heterocycles. The summed E-state index contributed by atoms with van der Waals surface area (Å²) < 4.78 is 3.01. The molecule has 5 aromatic rings. The van der Waals surface area contributed by atoms with Crippen LogP contribution in [0.25, 0.3) is 38.4 Å². The first-order valence-electron chi connectivity index (χ1n) is 10.6. The topological polar surface area (TPSA) is 80.6 Å². The van der Waals surface area contributed by atoms with Crippen molar-refractivity contribution in [2.24, 2.45) is 0 Å². The predicted molar refractivity (Wildman–Crippen MR) is 143 cm³/mol. The van der Waals surface area contributed by atoms with Crippen LogP contribution in [0.5, 0.6) is 0 Å². The van der Waals surface area contributed by atoms with E-state index >= 15 is 0 Å². The zero-order valence-electron chi connectivity index (χ0n) is 19.0. The van der Waals surface area contributed by atoms with Crippen molar-refractivity contribution in [2.45, 2.75) is 30.2 Å². The van der Waals surface area contributed by atoms with Gasteiger partial charge >= 0.3 is 6.15 Å². The second-order valence-corrected chi connectivity index (χ2v) is 11.5. The molecule has 0 unspecified atom stereocenters. The average molecular weight is 544 g/mol. The second kappa shape index (κ2) is 10.8. The number of thiazole rings is 1. The van der Waals surface area contributed by atoms with Crippen LogP contribution in [0.3, 0.4) is 0 Å². The zero-order chi connectivity index (χ0) is 25.1. The van der Waals surface area contributed by atoms with Crippen LogP contribution in [0.1, 0.15) is 19.5 Å². The molecule has 178 valence electrons. The molecule has 0 radical (unpaired) electrons. The van der Waals surface area contributed by atoms with E-state index < -0.39 is 0 Å². The monoisotopic (exact) mass is 542 g/mol. The quantitative estimate of drug-likeness (QED) is 0.230. The Morgan fingerprint density at radius 3 is 2.57 bits per heavy atom. The average Bonchev–Trinajstić information content (AvgIpc) is 3.54. The summed E-state index contributed by atoms with van der Waals surface area (Å²) >= 11 is 15.9. The minimum absolute atomic E-state index is 0.250. The van der Waals surface area contributed by atoms with Gasteiger partial charge in [0.2, 0.25) is 5.13 Å². The molecule has 10 heteroatoms. The summed E-state index contributed by atoms with van der Waals surface area (Å²) in [6.45, 7) is 6.39. The molecule has 35 heavy (non-hydrogen) atoms. The fourth-order valence-corrected chi connectivity index (χ4v) is 6.39. The maximum absolute atomic E-state index is 8.12. The van der Waals surface area contributed by atoms with Gasteiger partial charge in [-0.15, -0.1) is 11.8 Å². The van der Waals surface area contributed by atoms with Crippen LogP contribution in [-0.2, 0) is 9.59 Å². The first-order valence-corrected chi connectivity index (χ1v) is 13.0. The molecule has 0 bridgehead atoms. The molecule has 6 nitrogen and oxygen atoms in total. The van der Waals surface area contributed by atoms with Crippen molar-refractivity contribution >= 4 is 63.4 Å². The lowest BCUT2D eigenvalue weighted by molar-refractivity contribution is -0.191. The van der Waals surface area contributed by atoms with Gasteiger partial charge in [0.05, 0.1) is 31.2 Å². The molecule has 0 saturated heterocycles. The Labute approximate surface area is 220 Å². The van der Waals surface area contributed by atoms with Gasteiger partial charge in [-0.05, 0) is 30.5 Å². The summed E-state index contributed by atoms with van der Waals surface area (Å²) in [6, 6.07) is 14.0. The van der Waals surface area contributed by atoms with Crippen molar-refractivity contribution in [2.75, 3.05) is 0 Å². The number of benzene rings is 2. The number of aryl methyl sites for hydroxylation is 1. The lowest BCUT2D eigenvalue weighted by atomic mass is 10.0. The molecule has 0 amide bonds. The minimum Gasteiger partial charge on any atom is -0.361 e. The molecule has 0 atom stereocenters. The third kappa shape index (κ3) is 5.37. The van der Waals surface area contributed by atoms with Crippen molar-refractivity contribution in [3.05, 3.63) is 70.6 Å². The predicted octanol–water partition coefficient (Wildman–Crippen LogP) is 7.68. The van der Waals surface area contributed by atoms with E-state index in [0.29, 0.717) is 15.3 Å². The Kier molecular flexibility index (Phi) is 7.79. The molecule has 1 N–H and O–H groups in total. The van der Waals surface area contributed by atoms with Crippen LogP contribution in [0, 0.1) is 6.92 Å². The Bertz CT molecular complexity index is 1530. The largest absolute Gasteiger partial charge is 0.373 e. The first kappa shape index (κ1) is 25.2. The highest BCUT2D eigenvalue weighted by molar-refractivity contribution is 8.01. The number of aromatic nitrogens is 4. The van der Waals surface area contributed by atoms with E-state index in [2.05, 4.69) is 49.3 Å². The number of nitrogens with zero attached hydrogens (tertiary/aromatic N) is 3. The number of hydrogen-bond acceptors (Lipinski definition) is 6. The number of thioether (sulfide) groups is 1. The highest BCUT2D eigenvalue weighted by Gasteiger charge is 2.19. The highest BCUT2D eigenvalue weighted by Crippen LogP contribution is 2.41. The number of H-pyrrole nitrogens is 1. The van der Waals surface area contributed by atoms with Crippen LogP contribution >= 0.6 is 46.3 Å². The third-order valence-corrected chi connectivity index (χ3v) is 8.09. The van der Waals surface area contributed by atoms with Gasteiger partial charge in [-0.1, -0.05) is 72.7 Å². The van der Waals surface area contributed by atoms with Crippen LogP contribution in [-0.4, -0.2) is 31.1 Å². The van der Waals surface area contributed by atoms with Crippen molar-refractivity contribution < 1.29 is 9.59 Å². The van der Waals surface area contributed by atoms with E-state index in [1.807, 2.05) is 36.0 Å². The Balaban J connectivity index is 0.000000917. The summed E-state index contributed by atoms with van der Waals surface area (Å²) in [4.78, 5) is 24.6.